The van der Waals surface area contributed by atoms with E-state index >= 15 is 0 Å². The highest BCUT2D eigenvalue weighted by Crippen LogP contribution is 2.22. The summed E-state index contributed by atoms with van der Waals surface area (Å²) in [5.74, 6) is -0.919. The van der Waals surface area contributed by atoms with E-state index < -0.39 is 5.97 Å². The summed E-state index contributed by atoms with van der Waals surface area (Å²) in [4.78, 5) is 22.6. The molecule has 0 radical (unpaired) electrons. The zero-order chi connectivity index (χ0) is 13.4. The van der Waals surface area contributed by atoms with E-state index in [9.17, 15) is 9.59 Å². The Kier molecular flexibility index (Phi) is 6.76. The summed E-state index contributed by atoms with van der Waals surface area (Å²) in [5.41, 5.74) is 0. The first-order valence-corrected chi connectivity index (χ1v) is 7.11. The third-order valence-corrected chi connectivity index (χ3v) is 3.77. The van der Waals surface area contributed by atoms with Gasteiger partial charge in [-0.25, -0.2) is 0 Å². The molecular weight excluding hydrogens is 230 g/mol. The van der Waals surface area contributed by atoms with Crippen LogP contribution in [0.15, 0.2) is 0 Å². The van der Waals surface area contributed by atoms with Crippen molar-refractivity contribution in [2.45, 2.75) is 58.3 Å². The standard InChI is InChI=1S/C14H25NO3/c1-11(14(17)18)9-10-15-13(16)12-7-5-3-2-4-6-8-12/h11-12H,2-10H2,1H3,(H,15,16)(H,17,18). The van der Waals surface area contributed by atoms with Crippen molar-refractivity contribution in [3.63, 3.8) is 0 Å². The second-order valence-corrected chi connectivity index (χ2v) is 5.36. The molecule has 104 valence electrons. The predicted octanol–water partition coefficient (Wildman–Crippen LogP) is 2.57. The van der Waals surface area contributed by atoms with Gasteiger partial charge in [-0.1, -0.05) is 39.0 Å². The van der Waals surface area contributed by atoms with Gasteiger partial charge >= 0.3 is 5.97 Å². The van der Waals surface area contributed by atoms with Crippen LogP contribution < -0.4 is 5.32 Å². The molecule has 1 fully saturated rings. The van der Waals surface area contributed by atoms with Crippen molar-refractivity contribution in [2.75, 3.05) is 6.54 Å². The number of aliphatic carboxylic acids is 1. The SMILES string of the molecule is CC(CCNC(=O)C1CCCCCCC1)C(=O)O. The average molecular weight is 255 g/mol. The molecule has 1 amide bonds. The molecule has 1 aliphatic carbocycles. The van der Waals surface area contributed by atoms with Crippen LogP contribution in [0.1, 0.15) is 58.3 Å². The van der Waals surface area contributed by atoms with Crippen molar-refractivity contribution in [2.24, 2.45) is 11.8 Å². The minimum Gasteiger partial charge on any atom is -0.481 e. The molecule has 4 heteroatoms. The molecule has 1 atom stereocenters. The van der Waals surface area contributed by atoms with Crippen LogP contribution in [0.2, 0.25) is 0 Å². The van der Waals surface area contributed by atoms with E-state index in [-0.39, 0.29) is 17.7 Å². The molecule has 0 aromatic heterocycles. The molecule has 1 aliphatic rings. The second kappa shape index (κ2) is 8.11. The molecule has 1 saturated carbocycles. The Bertz CT molecular complexity index is 270. The molecule has 0 saturated heterocycles. The molecular formula is C14H25NO3. The van der Waals surface area contributed by atoms with Gasteiger partial charge in [0, 0.05) is 12.5 Å². The Morgan fingerprint density at radius 3 is 2.28 bits per heavy atom. The largest absolute Gasteiger partial charge is 0.481 e. The summed E-state index contributed by atoms with van der Waals surface area (Å²) < 4.78 is 0. The maximum absolute atomic E-state index is 12.0. The summed E-state index contributed by atoms with van der Waals surface area (Å²) in [5, 5.41) is 11.6. The number of amides is 1. The Balaban J connectivity index is 2.23. The number of carboxylic acids is 1. The maximum atomic E-state index is 12.0. The van der Waals surface area contributed by atoms with Gasteiger partial charge in [-0.3, -0.25) is 9.59 Å². The van der Waals surface area contributed by atoms with Crippen LogP contribution in [0.4, 0.5) is 0 Å². The molecule has 0 aliphatic heterocycles. The van der Waals surface area contributed by atoms with Crippen LogP contribution in [-0.4, -0.2) is 23.5 Å². The molecule has 1 rings (SSSR count). The van der Waals surface area contributed by atoms with Crippen molar-refractivity contribution in [3.05, 3.63) is 0 Å². The van der Waals surface area contributed by atoms with E-state index in [1.54, 1.807) is 6.92 Å². The lowest BCUT2D eigenvalue weighted by molar-refractivity contribution is -0.141. The number of rotatable bonds is 5. The molecule has 0 spiro atoms. The first-order valence-electron chi connectivity index (χ1n) is 7.11. The molecule has 2 N–H and O–H groups in total. The Morgan fingerprint density at radius 1 is 1.17 bits per heavy atom. The van der Waals surface area contributed by atoms with Crippen molar-refractivity contribution in [1.82, 2.24) is 5.32 Å². The van der Waals surface area contributed by atoms with Crippen LogP contribution in [0.5, 0.6) is 0 Å². The number of hydrogen-bond acceptors (Lipinski definition) is 2. The summed E-state index contributed by atoms with van der Waals surface area (Å²) in [6.07, 6.45) is 8.53. The van der Waals surface area contributed by atoms with Gasteiger partial charge < -0.3 is 10.4 Å². The fourth-order valence-electron chi connectivity index (χ4n) is 2.40. The average Bonchev–Trinajstić information content (AvgIpc) is 2.27. The zero-order valence-electron chi connectivity index (χ0n) is 11.3. The molecule has 0 aromatic rings. The van der Waals surface area contributed by atoms with Gasteiger partial charge in [0.1, 0.15) is 0 Å². The first kappa shape index (κ1) is 15.0. The lowest BCUT2D eigenvalue weighted by atomic mass is 9.90. The van der Waals surface area contributed by atoms with Crippen molar-refractivity contribution < 1.29 is 14.7 Å². The zero-order valence-corrected chi connectivity index (χ0v) is 11.3. The van der Waals surface area contributed by atoms with Gasteiger partial charge in [0.25, 0.3) is 0 Å². The van der Waals surface area contributed by atoms with E-state index in [2.05, 4.69) is 5.32 Å². The van der Waals surface area contributed by atoms with Gasteiger partial charge in [0.15, 0.2) is 0 Å². The predicted molar refractivity (Wildman–Crippen MR) is 70.2 cm³/mol. The summed E-state index contributed by atoms with van der Waals surface area (Å²) >= 11 is 0. The van der Waals surface area contributed by atoms with E-state index in [1.807, 2.05) is 0 Å². The fourth-order valence-corrected chi connectivity index (χ4v) is 2.40. The van der Waals surface area contributed by atoms with E-state index in [0.29, 0.717) is 13.0 Å². The van der Waals surface area contributed by atoms with Gasteiger partial charge in [0.2, 0.25) is 5.91 Å². The quantitative estimate of drug-likeness (QED) is 0.793. The molecule has 4 nitrogen and oxygen atoms in total. The van der Waals surface area contributed by atoms with Crippen LogP contribution >= 0.6 is 0 Å². The summed E-state index contributed by atoms with van der Waals surface area (Å²) in [6.45, 7) is 2.15. The van der Waals surface area contributed by atoms with Crippen LogP contribution in [0, 0.1) is 11.8 Å². The number of hydrogen-bond donors (Lipinski definition) is 2. The van der Waals surface area contributed by atoms with Crippen molar-refractivity contribution in [1.29, 1.82) is 0 Å². The minimum absolute atomic E-state index is 0.120. The Morgan fingerprint density at radius 2 is 1.72 bits per heavy atom. The number of carboxylic acid groups (broad SMARTS) is 1. The Hall–Kier alpha value is -1.06. The van der Waals surface area contributed by atoms with E-state index in [0.717, 1.165) is 25.7 Å². The minimum atomic E-state index is -0.796. The smallest absolute Gasteiger partial charge is 0.306 e. The van der Waals surface area contributed by atoms with Crippen LogP contribution in [0.25, 0.3) is 0 Å². The van der Waals surface area contributed by atoms with Crippen molar-refractivity contribution in [3.8, 4) is 0 Å². The topological polar surface area (TPSA) is 66.4 Å². The maximum Gasteiger partial charge on any atom is 0.306 e. The van der Waals surface area contributed by atoms with Crippen LogP contribution in [-0.2, 0) is 9.59 Å². The van der Waals surface area contributed by atoms with Gasteiger partial charge in [-0.05, 0) is 19.3 Å². The summed E-state index contributed by atoms with van der Waals surface area (Å²) in [6, 6.07) is 0. The van der Waals surface area contributed by atoms with E-state index in [1.165, 1.54) is 19.3 Å². The first-order chi connectivity index (χ1) is 8.61. The molecule has 0 aromatic carbocycles. The normalized spacial score (nSPS) is 19.6. The van der Waals surface area contributed by atoms with Crippen LogP contribution in [0.3, 0.4) is 0 Å². The van der Waals surface area contributed by atoms with E-state index in [4.69, 9.17) is 5.11 Å². The number of nitrogens with one attached hydrogen (secondary N) is 1. The lowest BCUT2D eigenvalue weighted by Gasteiger charge is -2.19. The lowest BCUT2D eigenvalue weighted by Crippen LogP contribution is -2.33. The number of carbonyl (C=O) groups excluding carboxylic acids is 1. The fraction of sp³-hybridized carbons (Fsp3) is 0.857. The number of carbonyl (C=O) groups is 2. The second-order valence-electron chi connectivity index (χ2n) is 5.36. The highest BCUT2D eigenvalue weighted by molar-refractivity contribution is 5.78. The highest BCUT2D eigenvalue weighted by atomic mass is 16.4. The monoisotopic (exact) mass is 255 g/mol. The van der Waals surface area contributed by atoms with Crippen molar-refractivity contribution >= 4 is 11.9 Å². The Labute approximate surface area is 109 Å². The third-order valence-electron chi connectivity index (χ3n) is 3.77. The third kappa shape index (κ3) is 5.52. The van der Waals surface area contributed by atoms with Gasteiger partial charge in [0.05, 0.1) is 5.92 Å². The molecule has 0 heterocycles. The molecule has 0 bridgehead atoms. The molecule has 1 unspecified atom stereocenters. The molecule has 18 heavy (non-hydrogen) atoms. The summed E-state index contributed by atoms with van der Waals surface area (Å²) in [7, 11) is 0. The highest BCUT2D eigenvalue weighted by Gasteiger charge is 2.19. The van der Waals surface area contributed by atoms with Gasteiger partial charge in [-0.2, -0.15) is 0 Å². The van der Waals surface area contributed by atoms with Gasteiger partial charge in [-0.15, -0.1) is 0 Å².